The number of carbonyl (C=O) groups excluding carboxylic acids is 1. The van der Waals surface area contributed by atoms with Crippen LogP contribution in [-0.2, 0) is 5.75 Å². The van der Waals surface area contributed by atoms with E-state index < -0.39 is 0 Å². The lowest BCUT2D eigenvalue weighted by atomic mass is 10.1. The lowest BCUT2D eigenvalue weighted by Gasteiger charge is -2.18. The number of amides is 1. The van der Waals surface area contributed by atoms with Crippen molar-refractivity contribution in [2.75, 3.05) is 18.5 Å². The van der Waals surface area contributed by atoms with Gasteiger partial charge in [-0.3, -0.25) is 4.79 Å². The van der Waals surface area contributed by atoms with Crippen molar-refractivity contribution in [3.05, 3.63) is 46.6 Å². The first-order chi connectivity index (χ1) is 13.3. The molecule has 0 radical (unpaired) electrons. The van der Waals surface area contributed by atoms with E-state index in [0.717, 1.165) is 24.3 Å². The summed E-state index contributed by atoms with van der Waals surface area (Å²) in [6.45, 7) is 9.24. The maximum atomic E-state index is 12.4. The summed E-state index contributed by atoms with van der Waals surface area (Å²) in [5, 5.41) is 4.11. The van der Waals surface area contributed by atoms with Crippen LogP contribution in [0, 0.1) is 5.92 Å². The highest BCUT2D eigenvalue weighted by Crippen LogP contribution is 2.24. The first-order valence-electron chi connectivity index (χ1n) is 9.58. The van der Waals surface area contributed by atoms with E-state index in [-0.39, 0.29) is 11.9 Å². The van der Waals surface area contributed by atoms with Crippen molar-refractivity contribution in [2.24, 2.45) is 5.92 Å². The molecule has 5 nitrogen and oxygen atoms in total. The highest BCUT2D eigenvalue weighted by atomic mass is 35.5. The Morgan fingerprint density at radius 2 is 2.00 bits per heavy atom. The molecule has 0 saturated heterocycles. The summed E-state index contributed by atoms with van der Waals surface area (Å²) in [6, 6.07) is 9.58. The van der Waals surface area contributed by atoms with E-state index >= 15 is 0 Å². The molecule has 0 bridgehead atoms. The number of aromatic nitrogens is 2. The molecule has 0 aliphatic rings. The third-order valence-electron chi connectivity index (χ3n) is 4.53. The Bertz CT molecular complexity index is 800. The minimum atomic E-state index is -0.0458. The number of nitrogens with zero attached hydrogens (tertiary/aromatic N) is 3. The number of benzene rings is 1. The van der Waals surface area contributed by atoms with E-state index in [1.165, 1.54) is 11.8 Å². The van der Waals surface area contributed by atoms with Gasteiger partial charge in [0.25, 0.3) is 5.91 Å². The maximum Gasteiger partial charge on any atom is 0.251 e. The van der Waals surface area contributed by atoms with Crippen LogP contribution in [0.2, 0.25) is 5.15 Å². The highest BCUT2D eigenvalue weighted by Gasteiger charge is 2.13. The van der Waals surface area contributed by atoms with Crippen molar-refractivity contribution >= 4 is 35.1 Å². The average molecular weight is 421 g/mol. The van der Waals surface area contributed by atoms with Gasteiger partial charge in [-0.1, -0.05) is 56.3 Å². The molecule has 2 rings (SSSR count). The fourth-order valence-electron chi connectivity index (χ4n) is 2.50. The number of hydrogen-bond donors (Lipinski definition) is 1. The molecule has 1 heterocycles. The van der Waals surface area contributed by atoms with Crippen LogP contribution >= 0.6 is 23.4 Å². The summed E-state index contributed by atoms with van der Waals surface area (Å²) in [4.78, 5) is 23.4. The molecule has 0 fully saturated rings. The summed E-state index contributed by atoms with van der Waals surface area (Å²) in [6.07, 6.45) is 1.03. The molecule has 0 aliphatic carbocycles. The van der Waals surface area contributed by atoms with Gasteiger partial charge in [0.2, 0.25) is 0 Å². The number of rotatable bonds is 9. The van der Waals surface area contributed by atoms with E-state index in [1.54, 1.807) is 6.07 Å². The maximum absolute atomic E-state index is 12.4. The Hall–Kier alpha value is -1.79. The molecule has 1 unspecified atom stereocenters. The third-order valence-corrected chi connectivity index (χ3v) is 5.64. The molecular formula is C21H29ClN4OS. The molecule has 0 saturated carbocycles. The minimum absolute atomic E-state index is 0.0458. The van der Waals surface area contributed by atoms with Crippen LogP contribution in [0.3, 0.4) is 0 Å². The molecule has 1 atom stereocenters. The third kappa shape index (κ3) is 6.67. The fourth-order valence-corrected chi connectivity index (χ4v) is 3.53. The average Bonchev–Trinajstić information content (AvgIpc) is 2.66. The normalized spacial score (nSPS) is 12.1. The molecular weight excluding hydrogens is 392 g/mol. The number of anilines is 1. The predicted molar refractivity (Wildman–Crippen MR) is 118 cm³/mol. The van der Waals surface area contributed by atoms with Crippen LogP contribution in [0.1, 0.15) is 50.0 Å². The van der Waals surface area contributed by atoms with Crippen LogP contribution in [0.4, 0.5) is 5.82 Å². The van der Waals surface area contributed by atoms with Gasteiger partial charge in [-0.25, -0.2) is 9.97 Å². The summed E-state index contributed by atoms with van der Waals surface area (Å²) in [5.41, 5.74) is 1.71. The van der Waals surface area contributed by atoms with E-state index in [4.69, 9.17) is 11.6 Å². The standard InChI is InChI=1S/C21H29ClN4OS/c1-6-10-26(5)19-12-18(22)24-21(25-19)28-13-16-8-7-9-17(11-16)20(27)23-15(4)14(2)3/h7-9,11-12,14-15H,6,10,13H2,1-5H3,(H,23,27). The van der Waals surface area contributed by atoms with Crippen molar-refractivity contribution in [3.8, 4) is 0 Å². The molecule has 7 heteroatoms. The summed E-state index contributed by atoms with van der Waals surface area (Å²) < 4.78 is 0. The van der Waals surface area contributed by atoms with Crippen molar-refractivity contribution in [1.29, 1.82) is 0 Å². The van der Waals surface area contributed by atoms with Gasteiger partial charge < -0.3 is 10.2 Å². The van der Waals surface area contributed by atoms with Crippen LogP contribution in [0.5, 0.6) is 0 Å². The van der Waals surface area contributed by atoms with Gasteiger partial charge in [-0.15, -0.1) is 0 Å². The molecule has 1 aromatic carbocycles. The molecule has 28 heavy (non-hydrogen) atoms. The quantitative estimate of drug-likeness (QED) is 0.349. The smallest absolute Gasteiger partial charge is 0.251 e. The van der Waals surface area contributed by atoms with Gasteiger partial charge in [0.1, 0.15) is 11.0 Å². The molecule has 0 spiro atoms. The first kappa shape index (κ1) is 22.5. The Labute approximate surface area is 177 Å². The van der Waals surface area contributed by atoms with Crippen LogP contribution in [0.15, 0.2) is 35.5 Å². The van der Waals surface area contributed by atoms with Crippen LogP contribution in [0.25, 0.3) is 0 Å². The van der Waals surface area contributed by atoms with Crippen molar-refractivity contribution < 1.29 is 4.79 Å². The SMILES string of the molecule is CCCN(C)c1cc(Cl)nc(SCc2cccc(C(=O)NC(C)C(C)C)c2)n1. The summed E-state index contributed by atoms with van der Waals surface area (Å²) in [7, 11) is 2.00. The molecule has 2 aromatic rings. The minimum Gasteiger partial charge on any atom is -0.360 e. The zero-order valence-electron chi connectivity index (χ0n) is 17.2. The fraction of sp³-hybridized carbons (Fsp3) is 0.476. The van der Waals surface area contributed by atoms with Crippen LogP contribution in [-0.4, -0.2) is 35.5 Å². The van der Waals surface area contributed by atoms with Crippen molar-refractivity contribution in [2.45, 2.75) is 51.1 Å². The lowest BCUT2D eigenvalue weighted by molar-refractivity contribution is 0.0930. The van der Waals surface area contributed by atoms with Gasteiger partial charge in [0.05, 0.1) is 0 Å². The number of nitrogens with one attached hydrogen (secondary N) is 1. The van der Waals surface area contributed by atoms with Gasteiger partial charge in [-0.2, -0.15) is 0 Å². The van der Waals surface area contributed by atoms with Gasteiger partial charge in [0, 0.05) is 37.0 Å². The number of thioether (sulfide) groups is 1. The Balaban J connectivity index is 2.06. The van der Waals surface area contributed by atoms with E-state index in [0.29, 0.717) is 27.5 Å². The van der Waals surface area contributed by atoms with Crippen LogP contribution < -0.4 is 10.2 Å². The molecule has 1 N–H and O–H groups in total. The van der Waals surface area contributed by atoms with Gasteiger partial charge in [-0.05, 0) is 37.0 Å². The number of halogens is 1. The van der Waals surface area contributed by atoms with E-state index in [2.05, 4.69) is 41.0 Å². The highest BCUT2D eigenvalue weighted by molar-refractivity contribution is 7.98. The number of hydrogen-bond acceptors (Lipinski definition) is 5. The Kier molecular flexibility index (Phi) is 8.58. The molecule has 0 aliphatic heterocycles. The van der Waals surface area contributed by atoms with E-state index in [1.807, 2.05) is 38.2 Å². The summed E-state index contributed by atoms with van der Waals surface area (Å²) in [5.74, 6) is 1.83. The monoisotopic (exact) mass is 420 g/mol. The van der Waals surface area contributed by atoms with Crippen molar-refractivity contribution in [3.63, 3.8) is 0 Å². The van der Waals surface area contributed by atoms with Gasteiger partial charge >= 0.3 is 0 Å². The first-order valence-corrected chi connectivity index (χ1v) is 10.9. The topological polar surface area (TPSA) is 58.1 Å². The zero-order chi connectivity index (χ0) is 20.7. The summed E-state index contributed by atoms with van der Waals surface area (Å²) >= 11 is 7.68. The van der Waals surface area contributed by atoms with E-state index in [9.17, 15) is 4.79 Å². The second-order valence-corrected chi connectivity index (χ2v) is 8.58. The number of carbonyl (C=O) groups is 1. The van der Waals surface area contributed by atoms with Gasteiger partial charge in [0.15, 0.2) is 5.16 Å². The molecule has 1 aromatic heterocycles. The Morgan fingerprint density at radius 3 is 2.68 bits per heavy atom. The molecule has 152 valence electrons. The second-order valence-electron chi connectivity index (χ2n) is 7.25. The van der Waals surface area contributed by atoms with Crippen molar-refractivity contribution in [1.82, 2.24) is 15.3 Å². The second kappa shape index (κ2) is 10.7. The zero-order valence-corrected chi connectivity index (χ0v) is 18.8. The molecule has 1 amide bonds. The Morgan fingerprint density at radius 1 is 1.25 bits per heavy atom. The lowest BCUT2D eigenvalue weighted by Crippen LogP contribution is -2.36. The predicted octanol–water partition coefficient (Wildman–Crippen LogP) is 5.04. The largest absolute Gasteiger partial charge is 0.360 e.